The van der Waals surface area contributed by atoms with Crippen molar-refractivity contribution < 1.29 is 52.6 Å². The summed E-state index contributed by atoms with van der Waals surface area (Å²) in [5.74, 6) is 0. The normalized spacial score (nSPS) is 9.67. The van der Waals surface area contributed by atoms with E-state index in [0.29, 0.717) is 0 Å². The molecule has 0 saturated heterocycles. The Bertz CT molecular complexity index is 346. The van der Waals surface area contributed by atoms with Crippen LogP contribution in [0.3, 0.4) is 0 Å². The van der Waals surface area contributed by atoms with Crippen molar-refractivity contribution in [3.63, 3.8) is 0 Å². The van der Waals surface area contributed by atoms with Crippen molar-refractivity contribution in [1.82, 2.24) is 0 Å². The van der Waals surface area contributed by atoms with Gasteiger partial charge in [0.05, 0.1) is 0 Å². The summed E-state index contributed by atoms with van der Waals surface area (Å²) in [4.78, 5) is 0. The number of hydrogen-bond donors (Lipinski definition) is 0. The average molecular weight is 382 g/mol. The van der Waals surface area contributed by atoms with E-state index in [4.69, 9.17) is 52.6 Å². The van der Waals surface area contributed by atoms with Crippen LogP contribution in [-0.4, -0.2) is 139 Å². The van der Waals surface area contributed by atoms with Crippen molar-refractivity contribution >= 4 is 117 Å². The average Bonchev–Trinajstić information content (AvgIpc) is 1.41. The van der Waals surface area contributed by atoms with Crippen molar-refractivity contribution in [2.24, 2.45) is 0 Å². The van der Waals surface area contributed by atoms with E-state index in [-0.39, 0.29) is 86.1 Å². The molecule has 0 spiro atoms. The maximum absolute atomic E-state index is 8.52. The fraction of sp³-hybridized carbons (Fsp3) is 0. The molecular formula is HAl2KO12S3. The fourth-order valence-corrected chi connectivity index (χ4v) is 0. The summed E-state index contributed by atoms with van der Waals surface area (Å²) in [5.41, 5.74) is 0. The monoisotopic (exact) mass is 382 g/mol. The van der Waals surface area contributed by atoms with E-state index in [0.717, 1.165) is 0 Å². The molecule has 98 valence electrons. The van der Waals surface area contributed by atoms with Crippen molar-refractivity contribution in [3.8, 4) is 0 Å². The third kappa shape index (κ3) is 1030. The molecule has 0 bridgehead atoms. The predicted molar refractivity (Wildman–Crippen MR) is 50.1 cm³/mol. The Balaban J connectivity index is -0.0000000277. The van der Waals surface area contributed by atoms with Crippen LogP contribution in [0.15, 0.2) is 0 Å². The maximum atomic E-state index is 8.52. The molecule has 0 aromatic rings. The first-order valence-corrected chi connectivity index (χ1v) is 6.00. The van der Waals surface area contributed by atoms with Crippen LogP contribution in [0.1, 0.15) is 0 Å². The van der Waals surface area contributed by atoms with Gasteiger partial charge < -0.3 is 27.3 Å². The zero-order valence-corrected chi connectivity index (χ0v) is 12.0. The Hall–Kier alpha value is 2.31. The number of hydrogen-bond acceptors (Lipinski definition) is 12. The van der Waals surface area contributed by atoms with Gasteiger partial charge in [-0.3, -0.25) is 25.3 Å². The summed E-state index contributed by atoms with van der Waals surface area (Å²) in [6, 6.07) is 0. The minimum absolute atomic E-state index is 0. The molecule has 12 nitrogen and oxygen atoms in total. The SMILES string of the molecule is O=S(=O)([O-])[O-].O=S(=O)([O-])[O-].O=S(=O)([O-])[O-].[Al+3].[Al+3].[KH]. The Labute approximate surface area is 167 Å². The van der Waals surface area contributed by atoms with Crippen LogP contribution in [-0.2, 0) is 31.2 Å². The van der Waals surface area contributed by atoms with Crippen molar-refractivity contribution in [2.75, 3.05) is 0 Å². The standard InChI is InChI=1S/2Al.K.3H2O4S.H/c;;;3*1-5(2,3)4;/h;;;3*(H2,1,2,3,4);/q2*+3;;;;;/p-6. The van der Waals surface area contributed by atoms with E-state index in [9.17, 15) is 0 Å². The molecule has 18 heavy (non-hydrogen) atoms. The van der Waals surface area contributed by atoms with E-state index in [2.05, 4.69) is 0 Å². The Morgan fingerprint density at radius 3 is 0.444 bits per heavy atom. The molecular weight excluding hydrogens is 381 g/mol. The summed E-state index contributed by atoms with van der Waals surface area (Å²) in [6.45, 7) is 0. The second-order valence-corrected chi connectivity index (χ2v) is 3.67. The topological polar surface area (TPSA) is 241 Å². The van der Waals surface area contributed by atoms with Crippen LogP contribution >= 0.6 is 0 Å². The molecule has 0 aromatic heterocycles. The Morgan fingerprint density at radius 2 is 0.444 bits per heavy atom. The molecule has 0 N–H and O–H groups in total. The molecule has 18 heteroatoms. The van der Waals surface area contributed by atoms with Crippen LogP contribution in [0, 0.1) is 0 Å². The predicted octanol–water partition coefficient (Wildman–Crippen LogP) is -5.42. The van der Waals surface area contributed by atoms with E-state index in [1.165, 1.54) is 0 Å². The summed E-state index contributed by atoms with van der Waals surface area (Å²) in [6.07, 6.45) is 0. The van der Waals surface area contributed by atoms with Crippen LogP contribution in [0.5, 0.6) is 0 Å². The molecule has 0 heterocycles. The van der Waals surface area contributed by atoms with Crippen molar-refractivity contribution in [2.45, 2.75) is 0 Å². The van der Waals surface area contributed by atoms with E-state index < -0.39 is 31.2 Å². The molecule has 0 aliphatic heterocycles. The molecule has 0 atom stereocenters. The second kappa shape index (κ2) is 15.7. The van der Waals surface area contributed by atoms with Gasteiger partial charge in [0.15, 0.2) is 0 Å². The zero-order valence-electron chi connectivity index (χ0n) is 7.28. The first-order valence-electron chi connectivity index (χ1n) is 2.00. The zero-order chi connectivity index (χ0) is 13.5. The molecule has 0 aromatic carbocycles. The van der Waals surface area contributed by atoms with Gasteiger partial charge in [0.1, 0.15) is 0 Å². The third-order valence-electron chi connectivity index (χ3n) is 0. The molecule has 0 fully saturated rings. The van der Waals surface area contributed by atoms with Crippen molar-refractivity contribution in [1.29, 1.82) is 0 Å². The van der Waals surface area contributed by atoms with Gasteiger partial charge in [0.25, 0.3) is 0 Å². The van der Waals surface area contributed by atoms with Gasteiger partial charge >= 0.3 is 86.1 Å². The van der Waals surface area contributed by atoms with Gasteiger partial charge in [-0.05, 0) is 0 Å². The Morgan fingerprint density at radius 1 is 0.444 bits per heavy atom. The van der Waals surface area contributed by atoms with Crippen LogP contribution < -0.4 is 0 Å². The van der Waals surface area contributed by atoms with Gasteiger partial charge in [-0.25, -0.2) is 0 Å². The minimum atomic E-state index is -5.17. The van der Waals surface area contributed by atoms with Gasteiger partial charge in [-0.1, -0.05) is 0 Å². The van der Waals surface area contributed by atoms with Gasteiger partial charge in [-0.15, -0.1) is 0 Å². The van der Waals surface area contributed by atoms with Crippen molar-refractivity contribution in [3.05, 3.63) is 0 Å². The first kappa shape index (κ1) is 37.0. The van der Waals surface area contributed by atoms with Crippen LogP contribution in [0.4, 0.5) is 0 Å². The van der Waals surface area contributed by atoms with Crippen LogP contribution in [0.2, 0.25) is 0 Å². The summed E-state index contributed by atoms with van der Waals surface area (Å²) in [7, 11) is -15.5. The quantitative estimate of drug-likeness (QED) is 0.216. The van der Waals surface area contributed by atoms with E-state index in [1.807, 2.05) is 0 Å². The second-order valence-electron chi connectivity index (χ2n) is 1.22. The van der Waals surface area contributed by atoms with Gasteiger partial charge in [0.2, 0.25) is 0 Å². The van der Waals surface area contributed by atoms with Gasteiger partial charge in [0, 0.05) is 31.2 Å². The third-order valence-corrected chi connectivity index (χ3v) is 0. The van der Waals surface area contributed by atoms with Gasteiger partial charge in [-0.2, -0.15) is 0 Å². The first-order chi connectivity index (χ1) is 6.00. The van der Waals surface area contributed by atoms with E-state index in [1.54, 1.807) is 0 Å². The molecule has 0 saturated carbocycles. The van der Waals surface area contributed by atoms with Crippen LogP contribution in [0.25, 0.3) is 0 Å². The molecule has 0 aliphatic rings. The summed E-state index contributed by atoms with van der Waals surface area (Å²) in [5, 5.41) is 0. The number of rotatable bonds is 0. The Kier molecular flexibility index (Phi) is 32.2. The molecule has 0 radical (unpaired) electrons. The van der Waals surface area contributed by atoms with E-state index >= 15 is 0 Å². The molecule has 0 rings (SSSR count). The molecule has 0 aliphatic carbocycles. The fourth-order valence-electron chi connectivity index (χ4n) is 0. The molecule has 0 unspecified atom stereocenters. The summed E-state index contributed by atoms with van der Waals surface area (Å²) >= 11 is 0. The summed E-state index contributed by atoms with van der Waals surface area (Å²) < 4.78 is 102. The molecule has 0 amide bonds.